The van der Waals surface area contributed by atoms with Gasteiger partial charge in [-0.1, -0.05) is 38.0 Å². The maximum Gasteiger partial charge on any atom is 0.305 e. The van der Waals surface area contributed by atoms with Crippen LogP contribution in [0.5, 0.6) is 5.75 Å². The van der Waals surface area contributed by atoms with E-state index in [9.17, 15) is 14.4 Å². The molecule has 1 aromatic heterocycles. The minimum Gasteiger partial charge on any atom is -0.496 e. The van der Waals surface area contributed by atoms with Crippen LogP contribution in [0.2, 0.25) is 0 Å². The molecule has 8 nitrogen and oxygen atoms in total. The molecular weight excluding hydrogens is 430 g/mol. The summed E-state index contributed by atoms with van der Waals surface area (Å²) in [7, 11) is 2.89. The number of esters is 1. The second kappa shape index (κ2) is 14.2. The Bertz CT molecular complexity index is 911. The highest BCUT2D eigenvalue weighted by Crippen LogP contribution is 2.35. The second-order valence-corrected chi connectivity index (χ2v) is 8.04. The van der Waals surface area contributed by atoms with Gasteiger partial charge in [-0.15, -0.1) is 0 Å². The topological polar surface area (TPSA) is 121 Å². The van der Waals surface area contributed by atoms with Gasteiger partial charge in [-0.05, 0) is 43.5 Å². The average Bonchev–Trinajstić information content (AvgIpc) is 3.13. The van der Waals surface area contributed by atoms with Gasteiger partial charge in [-0.2, -0.15) is 0 Å². The Morgan fingerprint density at radius 2 is 1.81 bits per heavy atom. The Balaban J connectivity index is 0.000000633. The van der Waals surface area contributed by atoms with Crippen LogP contribution < -0.4 is 15.8 Å². The largest absolute Gasteiger partial charge is 0.496 e. The first kappa shape index (κ1) is 27.1. The van der Waals surface area contributed by atoms with Crippen LogP contribution in [0.15, 0.2) is 18.2 Å². The number of nitrogens with zero attached hydrogens (tertiary/aromatic N) is 1. The van der Waals surface area contributed by atoms with Crippen LogP contribution >= 0.6 is 11.3 Å². The van der Waals surface area contributed by atoms with Crippen LogP contribution in [0.25, 0.3) is 10.4 Å². The van der Waals surface area contributed by atoms with E-state index in [1.807, 2.05) is 19.9 Å². The Morgan fingerprint density at radius 3 is 2.34 bits per heavy atom. The molecule has 0 unspecified atom stereocenters. The van der Waals surface area contributed by atoms with Gasteiger partial charge in [0, 0.05) is 12.8 Å². The molecule has 2 amide bonds. The summed E-state index contributed by atoms with van der Waals surface area (Å²) in [6.07, 6.45) is 4.89. The number of aromatic nitrogens is 1. The number of nitrogens with two attached hydrogens (primary N) is 1. The van der Waals surface area contributed by atoms with Gasteiger partial charge in [0.25, 0.3) is 5.91 Å². The van der Waals surface area contributed by atoms with Crippen LogP contribution in [0.4, 0.5) is 5.13 Å². The predicted octanol–water partition coefficient (Wildman–Crippen LogP) is 4.70. The lowest BCUT2D eigenvalue weighted by atomic mass is 10.1. The first-order valence-corrected chi connectivity index (χ1v) is 11.4. The third-order valence-electron chi connectivity index (χ3n) is 4.46. The highest BCUT2D eigenvalue weighted by molar-refractivity contribution is 7.19. The number of anilines is 1. The molecule has 2 rings (SSSR count). The number of methoxy groups -OCH3 is 2. The number of nitrogens with one attached hydrogen (secondary N) is 1. The fraction of sp³-hybridized carbons (Fsp3) is 0.478. The summed E-state index contributed by atoms with van der Waals surface area (Å²) < 4.78 is 9.51. The van der Waals surface area contributed by atoms with Crippen molar-refractivity contribution in [3.05, 3.63) is 29.5 Å². The van der Waals surface area contributed by atoms with Crippen molar-refractivity contribution in [2.75, 3.05) is 19.5 Å². The van der Waals surface area contributed by atoms with Gasteiger partial charge in [-0.25, -0.2) is 4.98 Å². The molecule has 0 fully saturated rings. The molecule has 0 aliphatic rings. The minimum absolute atomic E-state index is 0.0266. The van der Waals surface area contributed by atoms with E-state index in [1.165, 1.54) is 25.6 Å². The van der Waals surface area contributed by atoms with E-state index in [0.29, 0.717) is 29.3 Å². The Morgan fingerprint density at radius 1 is 1.09 bits per heavy atom. The zero-order chi connectivity index (χ0) is 24.1. The van der Waals surface area contributed by atoms with E-state index < -0.39 is 5.91 Å². The van der Waals surface area contributed by atoms with Crippen molar-refractivity contribution in [3.8, 4) is 16.2 Å². The molecule has 0 saturated heterocycles. The van der Waals surface area contributed by atoms with Crippen LogP contribution in [-0.4, -0.2) is 37.0 Å². The quantitative estimate of drug-likeness (QED) is 0.389. The summed E-state index contributed by atoms with van der Waals surface area (Å²) in [6.45, 7) is 5.91. The van der Waals surface area contributed by atoms with Crippen LogP contribution in [-0.2, 0) is 14.3 Å². The first-order valence-electron chi connectivity index (χ1n) is 10.6. The molecule has 9 heteroatoms. The third-order valence-corrected chi connectivity index (χ3v) is 5.58. The number of amides is 2. The molecule has 32 heavy (non-hydrogen) atoms. The molecule has 0 aliphatic carbocycles. The minimum atomic E-state index is -0.551. The lowest BCUT2D eigenvalue weighted by Gasteiger charge is -2.07. The summed E-state index contributed by atoms with van der Waals surface area (Å²) in [5.74, 6) is -0.267. The molecule has 0 spiro atoms. The zero-order valence-corrected chi connectivity index (χ0v) is 20.3. The van der Waals surface area contributed by atoms with E-state index in [1.54, 1.807) is 12.1 Å². The first-order chi connectivity index (χ1) is 15.3. The summed E-state index contributed by atoms with van der Waals surface area (Å²) in [6, 6.07) is 5.24. The van der Waals surface area contributed by atoms with E-state index in [2.05, 4.69) is 22.0 Å². The number of ether oxygens (including phenoxy) is 2. The Labute approximate surface area is 193 Å². The molecule has 3 N–H and O–H groups in total. The lowest BCUT2D eigenvalue weighted by Crippen LogP contribution is -2.12. The number of aryl methyl sites for hydroxylation is 1. The summed E-state index contributed by atoms with van der Waals surface area (Å²) in [4.78, 5) is 39.0. The number of hydrogen-bond donors (Lipinski definition) is 2. The SMILES string of the molecule is CCCC(=O)OC.CCCCCC(=O)Nc1nc(C)c(-c2ccc(OC)c(C(N)=O)c2)s1. The molecule has 0 radical (unpaired) electrons. The van der Waals surface area contributed by atoms with Crippen molar-refractivity contribution in [2.45, 2.75) is 59.3 Å². The van der Waals surface area contributed by atoms with Gasteiger partial charge in [0.05, 0.1) is 30.4 Å². The smallest absolute Gasteiger partial charge is 0.305 e. The van der Waals surface area contributed by atoms with E-state index in [4.69, 9.17) is 10.5 Å². The standard InChI is InChI=1S/C18H23N3O3S.C5H10O2/c1-4-5-6-7-15(22)21-18-20-11(2)16(25-18)12-8-9-14(24-3)13(10-12)17(19)23;1-3-4-5(6)7-2/h8-10H,4-7H2,1-3H3,(H2,19,23)(H,20,21,22);3-4H2,1-2H3. The highest BCUT2D eigenvalue weighted by Gasteiger charge is 2.15. The number of unbranched alkanes of at least 4 members (excludes halogenated alkanes) is 2. The second-order valence-electron chi connectivity index (χ2n) is 7.04. The Kier molecular flexibility index (Phi) is 12.0. The van der Waals surface area contributed by atoms with Gasteiger partial charge in [0.1, 0.15) is 5.75 Å². The summed E-state index contributed by atoms with van der Waals surface area (Å²) >= 11 is 1.38. The number of rotatable bonds is 10. The van der Waals surface area contributed by atoms with Crippen molar-refractivity contribution in [3.63, 3.8) is 0 Å². The van der Waals surface area contributed by atoms with Gasteiger partial charge in [0.2, 0.25) is 5.91 Å². The number of carbonyl (C=O) groups is 3. The van der Waals surface area contributed by atoms with E-state index in [-0.39, 0.29) is 11.9 Å². The molecular formula is C23H33N3O5S. The Hall–Kier alpha value is -2.94. The fourth-order valence-electron chi connectivity index (χ4n) is 2.78. The molecule has 0 bridgehead atoms. The average molecular weight is 464 g/mol. The van der Waals surface area contributed by atoms with Crippen LogP contribution in [0, 0.1) is 6.92 Å². The third kappa shape index (κ3) is 8.66. The van der Waals surface area contributed by atoms with Crippen molar-refractivity contribution < 1.29 is 23.9 Å². The fourth-order valence-corrected chi connectivity index (χ4v) is 3.76. The highest BCUT2D eigenvalue weighted by atomic mass is 32.1. The van der Waals surface area contributed by atoms with Gasteiger partial charge in [-0.3, -0.25) is 14.4 Å². The van der Waals surface area contributed by atoms with Crippen LogP contribution in [0.3, 0.4) is 0 Å². The summed E-state index contributed by atoms with van der Waals surface area (Å²) in [5.41, 5.74) is 7.34. The molecule has 1 aromatic carbocycles. The van der Waals surface area contributed by atoms with Gasteiger partial charge in [0.15, 0.2) is 5.13 Å². The van der Waals surface area contributed by atoms with Crippen LogP contribution in [0.1, 0.15) is 68.4 Å². The van der Waals surface area contributed by atoms with Crippen molar-refractivity contribution in [2.24, 2.45) is 5.73 Å². The molecule has 0 saturated carbocycles. The lowest BCUT2D eigenvalue weighted by molar-refractivity contribution is -0.140. The van der Waals surface area contributed by atoms with Gasteiger partial charge >= 0.3 is 5.97 Å². The maximum atomic E-state index is 11.9. The molecule has 0 aliphatic heterocycles. The van der Waals surface area contributed by atoms with Gasteiger partial charge < -0.3 is 20.5 Å². The van der Waals surface area contributed by atoms with Crippen molar-refractivity contribution in [1.29, 1.82) is 0 Å². The van der Waals surface area contributed by atoms with Crippen molar-refractivity contribution in [1.82, 2.24) is 4.98 Å². The molecule has 2 aromatic rings. The van der Waals surface area contributed by atoms with E-state index >= 15 is 0 Å². The predicted molar refractivity (Wildman–Crippen MR) is 127 cm³/mol. The number of hydrogen-bond acceptors (Lipinski definition) is 7. The number of benzene rings is 1. The molecule has 176 valence electrons. The molecule has 0 atom stereocenters. The molecule has 1 heterocycles. The van der Waals surface area contributed by atoms with E-state index in [0.717, 1.165) is 41.8 Å². The zero-order valence-electron chi connectivity index (χ0n) is 19.4. The monoisotopic (exact) mass is 463 g/mol. The number of carbonyl (C=O) groups excluding carboxylic acids is 3. The normalized spacial score (nSPS) is 10.0. The number of primary amides is 1. The maximum absolute atomic E-state index is 11.9. The van der Waals surface area contributed by atoms with Crippen molar-refractivity contribution >= 4 is 34.3 Å². The summed E-state index contributed by atoms with van der Waals surface area (Å²) in [5, 5.41) is 3.40. The number of thiazole rings is 1.